The fourth-order valence-electron chi connectivity index (χ4n) is 2.18. The second kappa shape index (κ2) is 11.3. The molecule has 0 aliphatic carbocycles. The number of ether oxygens (including phenoxy) is 3. The maximum absolute atomic E-state index is 12.8. The van der Waals surface area contributed by atoms with E-state index in [1.165, 1.54) is 12.1 Å². The molecule has 0 saturated heterocycles. The van der Waals surface area contributed by atoms with Gasteiger partial charge in [-0.15, -0.1) is 0 Å². The van der Waals surface area contributed by atoms with E-state index in [1.54, 1.807) is 12.1 Å². The summed E-state index contributed by atoms with van der Waals surface area (Å²) in [6, 6.07) is 13.8. The summed E-state index contributed by atoms with van der Waals surface area (Å²) >= 11 is 0. The van der Waals surface area contributed by atoms with Crippen LogP contribution in [0.15, 0.2) is 48.5 Å². The van der Waals surface area contributed by atoms with Gasteiger partial charge in [-0.1, -0.05) is 19.1 Å². The Bertz CT molecular complexity index is 604. The van der Waals surface area contributed by atoms with Crippen molar-refractivity contribution in [2.45, 2.75) is 19.8 Å². The lowest BCUT2D eigenvalue weighted by molar-refractivity contribution is 0.265. The minimum absolute atomic E-state index is 0.254. The van der Waals surface area contributed by atoms with Gasteiger partial charge in [0, 0.05) is 6.54 Å². The van der Waals surface area contributed by atoms with Crippen molar-refractivity contribution in [1.82, 2.24) is 5.32 Å². The normalized spacial score (nSPS) is 10.5. The van der Waals surface area contributed by atoms with E-state index in [-0.39, 0.29) is 5.82 Å². The highest BCUT2D eigenvalue weighted by molar-refractivity contribution is 5.39. The summed E-state index contributed by atoms with van der Waals surface area (Å²) in [5, 5.41) is 3.31. The summed E-state index contributed by atoms with van der Waals surface area (Å²) in [6.07, 6.45) is 1.84. The fraction of sp³-hybridized carbons (Fsp3) is 0.400. The average Bonchev–Trinajstić information content (AvgIpc) is 2.64. The minimum atomic E-state index is -0.254. The van der Waals surface area contributed by atoms with Crippen LogP contribution in [-0.2, 0) is 0 Å². The molecule has 136 valence electrons. The van der Waals surface area contributed by atoms with Crippen LogP contribution < -0.4 is 19.5 Å². The number of para-hydroxylation sites is 2. The molecule has 0 unspecified atom stereocenters. The Kier molecular flexibility index (Phi) is 8.63. The number of hydrogen-bond acceptors (Lipinski definition) is 4. The molecule has 25 heavy (non-hydrogen) atoms. The first-order valence-electron chi connectivity index (χ1n) is 8.73. The quantitative estimate of drug-likeness (QED) is 0.588. The van der Waals surface area contributed by atoms with Gasteiger partial charge in [0.2, 0.25) is 0 Å². The molecule has 0 spiro atoms. The Morgan fingerprint density at radius 2 is 1.48 bits per heavy atom. The molecule has 1 N–H and O–H groups in total. The van der Waals surface area contributed by atoms with Gasteiger partial charge in [0.15, 0.2) is 11.5 Å². The zero-order chi connectivity index (χ0) is 17.7. The van der Waals surface area contributed by atoms with Gasteiger partial charge in [-0.2, -0.15) is 0 Å². The second-order valence-electron chi connectivity index (χ2n) is 5.55. The van der Waals surface area contributed by atoms with Crippen LogP contribution in [0.1, 0.15) is 19.8 Å². The summed E-state index contributed by atoms with van der Waals surface area (Å²) in [7, 11) is 0. The van der Waals surface area contributed by atoms with E-state index in [4.69, 9.17) is 14.2 Å². The van der Waals surface area contributed by atoms with Gasteiger partial charge in [-0.3, -0.25) is 0 Å². The lowest BCUT2D eigenvalue weighted by Crippen LogP contribution is -2.23. The smallest absolute Gasteiger partial charge is 0.161 e. The third-order valence-electron chi connectivity index (χ3n) is 3.43. The molecule has 2 aromatic carbocycles. The van der Waals surface area contributed by atoms with Crippen molar-refractivity contribution in [1.29, 1.82) is 0 Å². The third kappa shape index (κ3) is 7.44. The maximum atomic E-state index is 12.8. The van der Waals surface area contributed by atoms with E-state index in [1.807, 2.05) is 24.3 Å². The molecule has 0 fully saturated rings. The molecule has 0 amide bonds. The maximum Gasteiger partial charge on any atom is 0.161 e. The number of hydrogen-bond donors (Lipinski definition) is 1. The van der Waals surface area contributed by atoms with Gasteiger partial charge < -0.3 is 19.5 Å². The van der Waals surface area contributed by atoms with E-state index in [0.29, 0.717) is 25.6 Å². The Hall–Kier alpha value is -2.27. The summed E-state index contributed by atoms with van der Waals surface area (Å²) in [6.45, 7) is 5.51. The monoisotopic (exact) mass is 347 g/mol. The number of benzene rings is 2. The van der Waals surface area contributed by atoms with Crippen molar-refractivity contribution < 1.29 is 18.6 Å². The predicted octanol–water partition coefficient (Wildman–Crippen LogP) is 4.05. The van der Waals surface area contributed by atoms with Crippen LogP contribution in [0.25, 0.3) is 0 Å². The van der Waals surface area contributed by atoms with Crippen LogP contribution in [-0.4, -0.2) is 32.9 Å². The van der Waals surface area contributed by atoms with Gasteiger partial charge >= 0.3 is 0 Å². The molecule has 2 rings (SSSR count). The van der Waals surface area contributed by atoms with Gasteiger partial charge in [0.1, 0.15) is 18.2 Å². The number of nitrogens with one attached hydrogen (secondary N) is 1. The minimum Gasteiger partial charge on any atom is -0.494 e. The van der Waals surface area contributed by atoms with E-state index >= 15 is 0 Å². The molecule has 0 aliphatic rings. The lowest BCUT2D eigenvalue weighted by Gasteiger charge is -2.12. The standard InChI is InChI=1S/C20H26FNO3/c1-2-14-24-19-6-3-4-7-20(19)25-16-13-22-12-5-15-23-18-10-8-17(21)9-11-18/h3-4,6-11,22H,2,5,12-16H2,1H3. The van der Waals surface area contributed by atoms with Crippen molar-refractivity contribution in [3.8, 4) is 17.2 Å². The average molecular weight is 347 g/mol. The summed E-state index contributed by atoms with van der Waals surface area (Å²) in [5.74, 6) is 2.00. The van der Waals surface area contributed by atoms with Crippen molar-refractivity contribution in [3.05, 3.63) is 54.3 Å². The van der Waals surface area contributed by atoms with Gasteiger partial charge in [-0.25, -0.2) is 4.39 Å². The van der Waals surface area contributed by atoms with Crippen molar-refractivity contribution in [3.63, 3.8) is 0 Å². The summed E-state index contributed by atoms with van der Waals surface area (Å²) in [4.78, 5) is 0. The number of halogens is 1. The molecular formula is C20H26FNO3. The Morgan fingerprint density at radius 1 is 0.800 bits per heavy atom. The zero-order valence-electron chi connectivity index (χ0n) is 14.7. The summed E-state index contributed by atoms with van der Waals surface area (Å²) in [5.41, 5.74) is 0. The number of rotatable bonds is 12. The molecule has 0 saturated carbocycles. The molecule has 0 heterocycles. The highest BCUT2D eigenvalue weighted by atomic mass is 19.1. The molecule has 2 aromatic rings. The van der Waals surface area contributed by atoms with E-state index in [0.717, 1.165) is 37.4 Å². The second-order valence-corrected chi connectivity index (χ2v) is 5.55. The fourth-order valence-corrected chi connectivity index (χ4v) is 2.18. The van der Waals surface area contributed by atoms with Crippen LogP contribution in [0.3, 0.4) is 0 Å². The van der Waals surface area contributed by atoms with Crippen LogP contribution in [0, 0.1) is 5.82 Å². The zero-order valence-corrected chi connectivity index (χ0v) is 14.7. The van der Waals surface area contributed by atoms with Gasteiger partial charge in [-0.05, 0) is 55.8 Å². The van der Waals surface area contributed by atoms with Crippen molar-refractivity contribution >= 4 is 0 Å². The molecular weight excluding hydrogens is 321 g/mol. The molecule has 0 atom stereocenters. The highest BCUT2D eigenvalue weighted by Gasteiger charge is 2.03. The van der Waals surface area contributed by atoms with Crippen LogP contribution in [0.5, 0.6) is 17.2 Å². The molecule has 4 nitrogen and oxygen atoms in total. The van der Waals surface area contributed by atoms with Crippen LogP contribution in [0.2, 0.25) is 0 Å². The molecule has 0 aromatic heterocycles. The lowest BCUT2D eigenvalue weighted by atomic mass is 10.3. The Morgan fingerprint density at radius 3 is 2.16 bits per heavy atom. The molecule has 5 heteroatoms. The Labute approximate surface area is 148 Å². The van der Waals surface area contributed by atoms with E-state index < -0.39 is 0 Å². The van der Waals surface area contributed by atoms with Crippen molar-refractivity contribution in [2.75, 3.05) is 32.9 Å². The van der Waals surface area contributed by atoms with Gasteiger partial charge in [0.05, 0.1) is 13.2 Å². The first kappa shape index (κ1) is 19.1. The highest BCUT2D eigenvalue weighted by Crippen LogP contribution is 2.26. The van der Waals surface area contributed by atoms with Crippen molar-refractivity contribution in [2.24, 2.45) is 0 Å². The van der Waals surface area contributed by atoms with Crippen LogP contribution >= 0.6 is 0 Å². The molecule has 0 radical (unpaired) electrons. The van der Waals surface area contributed by atoms with E-state index in [2.05, 4.69) is 12.2 Å². The first-order valence-corrected chi connectivity index (χ1v) is 8.73. The molecule has 0 aliphatic heterocycles. The summed E-state index contributed by atoms with van der Waals surface area (Å²) < 4.78 is 29.7. The van der Waals surface area contributed by atoms with Crippen LogP contribution in [0.4, 0.5) is 4.39 Å². The largest absolute Gasteiger partial charge is 0.494 e. The SMILES string of the molecule is CCCOc1ccccc1OCCNCCCOc1ccc(F)cc1. The predicted molar refractivity (Wildman–Crippen MR) is 97.1 cm³/mol. The van der Waals surface area contributed by atoms with E-state index in [9.17, 15) is 4.39 Å². The Balaban J connectivity index is 1.54. The topological polar surface area (TPSA) is 39.7 Å². The first-order chi connectivity index (χ1) is 12.3. The van der Waals surface area contributed by atoms with Gasteiger partial charge in [0.25, 0.3) is 0 Å². The third-order valence-corrected chi connectivity index (χ3v) is 3.43. The molecule has 0 bridgehead atoms.